The lowest BCUT2D eigenvalue weighted by atomic mass is 10.2. The number of thiazole rings is 1. The van der Waals surface area contributed by atoms with Crippen LogP contribution in [0.15, 0.2) is 48.4 Å². The highest BCUT2D eigenvalue weighted by Crippen LogP contribution is 2.23. The Morgan fingerprint density at radius 1 is 1.11 bits per heavy atom. The fourth-order valence-corrected chi connectivity index (χ4v) is 3.79. The molecule has 27 heavy (non-hydrogen) atoms. The lowest BCUT2D eigenvalue weighted by Gasteiger charge is -2.08. The third-order valence-electron chi connectivity index (χ3n) is 4.36. The van der Waals surface area contributed by atoms with Gasteiger partial charge in [-0.15, -0.1) is 11.3 Å². The molecule has 0 aliphatic heterocycles. The maximum atomic E-state index is 12.8. The summed E-state index contributed by atoms with van der Waals surface area (Å²) in [7, 11) is 0. The van der Waals surface area contributed by atoms with E-state index < -0.39 is 0 Å². The number of nitrogens with one attached hydrogen (secondary N) is 1. The normalized spacial score (nSPS) is 10.9. The topological polar surface area (TPSA) is 77.6 Å². The van der Waals surface area contributed by atoms with Crippen molar-refractivity contribution in [1.29, 1.82) is 0 Å². The Bertz CT molecular complexity index is 1090. The molecule has 0 unspecified atom stereocenters. The van der Waals surface area contributed by atoms with Crippen LogP contribution in [-0.4, -0.2) is 30.0 Å². The van der Waals surface area contributed by atoms with Crippen molar-refractivity contribution in [3.05, 3.63) is 71.1 Å². The van der Waals surface area contributed by atoms with Gasteiger partial charge in [0.2, 0.25) is 0 Å². The smallest absolute Gasteiger partial charge is 0.257 e. The Balaban J connectivity index is 1.56. The zero-order chi connectivity index (χ0) is 19.0. The van der Waals surface area contributed by atoms with Gasteiger partial charge in [0.1, 0.15) is 11.6 Å². The summed E-state index contributed by atoms with van der Waals surface area (Å²) in [4.78, 5) is 25.7. The van der Waals surface area contributed by atoms with Gasteiger partial charge in [0, 0.05) is 35.4 Å². The predicted octanol–water partition coefficient (Wildman–Crippen LogP) is 3.69. The number of amides is 1. The molecule has 0 saturated heterocycles. The molecule has 7 nitrogen and oxygen atoms in total. The predicted molar refractivity (Wildman–Crippen MR) is 105 cm³/mol. The number of hydrogen-bond donors (Lipinski definition) is 1. The standard InChI is InChI=1S/C19H18N6OS/c1-12-10-16(13(2)25(12)19-21-7-9-27-19)18(26)23-15-4-5-17(22-11-15)24-8-6-20-14(24)3/h4-11H,1-3H3,(H,23,26). The number of pyridine rings is 1. The maximum Gasteiger partial charge on any atom is 0.257 e. The van der Waals surface area contributed by atoms with Crippen LogP contribution in [0.5, 0.6) is 0 Å². The van der Waals surface area contributed by atoms with Gasteiger partial charge in [-0.1, -0.05) is 0 Å². The van der Waals surface area contributed by atoms with Gasteiger partial charge in [-0.2, -0.15) is 0 Å². The first kappa shape index (κ1) is 17.2. The summed E-state index contributed by atoms with van der Waals surface area (Å²) in [5.41, 5.74) is 3.09. The molecule has 0 aliphatic rings. The number of carbonyl (C=O) groups excluding carboxylic acids is 1. The summed E-state index contributed by atoms with van der Waals surface area (Å²) >= 11 is 1.54. The van der Waals surface area contributed by atoms with E-state index in [1.54, 1.807) is 18.6 Å². The number of aryl methyl sites for hydroxylation is 2. The van der Waals surface area contributed by atoms with Gasteiger partial charge < -0.3 is 5.32 Å². The average molecular weight is 378 g/mol. The van der Waals surface area contributed by atoms with Gasteiger partial charge >= 0.3 is 0 Å². The average Bonchev–Trinajstić information content (AvgIpc) is 3.37. The van der Waals surface area contributed by atoms with Crippen molar-refractivity contribution in [2.24, 2.45) is 0 Å². The SMILES string of the molecule is Cc1nccn1-c1ccc(NC(=O)c2cc(C)n(-c3nccs3)c2C)cn1. The molecule has 1 amide bonds. The first-order chi connectivity index (χ1) is 13.0. The Kier molecular flexibility index (Phi) is 4.33. The monoisotopic (exact) mass is 378 g/mol. The quantitative estimate of drug-likeness (QED) is 0.587. The molecule has 0 bridgehead atoms. The highest BCUT2D eigenvalue weighted by Gasteiger charge is 2.18. The Hall–Kier alpha value is -3.26. The molecular weight excluding hydrogens is 360 g/mol. The minimum atomic E-state index is -0.167. The molecule has 0 aliphatic carbocycles. The van der Waals surface area contributed by atoms with Gasteiger partial charge in [-0.05, 0) is 39.0 Å². The third-order valence-corrected chi connectivity index (χ3v) is 5.12. The van der Waals surface area contributed by atoms with Crippen LogP contribution >= 0.6 is 11.3 Å². The van der Waals surface area contributed by atoms with Gasteiger partial charge in [0.15, 0.2) is 5.13 Å². The molecule has 0 aromatic carbocycles. The lowest BCUT2D eigenvalue weighted by molar-refractivity contribution is 0.102. The Labute approximate surface area is 160 Å². The van der Waals surface area contributed by atoms with Gasteiger partial charge in [0.25, 0.3) is 5.91 Å². The zero-order valence-electron chi connectivity index (χ0n) is 15.2. The molecule has 0 fully saturated rings. The van der Waals surface area contributed by atoms with Gasteiger partial charge in [-0.3, -0.25) is 13.9 Å². The van der Waals surface area contributed by atoms with E-state index in [0.29, 0.717) is 11.3 Å². The first-order valence-electron chi connectivity index (χ1n) is 8.41. The van der Waals surface area contributed by atoms with Crippen molar-refractivity contribution in [2.45, 2.75) is 20.8 Å². The summed E-state index contributed by atoms with van der Waals surface area (Å²) in [6, 6.07) is 5.56. The maximum absolute atomic E-state index is 12.8. The summed E-state index contributed by atoms with van der Waals surface area (Å²) < 4.78 is 3.87. The van der Waals surface area contributed by atoms with Crippen LogP contribution in [0, 0.1) is 20.8 Å². The molecular formula is C19H18N6OS. The number of nitrogens with zero attached hydrogens (tertiary/aromatic N) is 5. The van der Waals surface area contributed by atoms with E-state index in [4.69, 9.17) is 0 Å². The highest BCUT2D eigenvalue weighted by atomic mass is 32.1. The number of hydrogen-bond acceptors (Lipinski definition) is 5. The van der Waals surface area contributed by atoms with Crippen LogP contribution in [0.2, 0.25) is 0 Å². The Morgan fingerprint density at radius 2 is 1.96 bits per heavy atom. The number of imidazole rings is 1. The van der Waals surface area contributed by atoms with E-state index in [0.717, 1.165) is 28.2 Å². The van der Waals surface area contributed by atoms with Gasteiger partial charge in [0.05, 0.1) is 17.4 Å². The van der Waals surface area contributed by atoms with Crippen LogP contribution in [0.4, 0.5) is 5.69 Å². The minimum Gasteiger partial charge on any atom is -0.321 e. The molecule has 4 rings (SSSR count). The van der Waals surface area contributed by atoms with E-state index in [1.807, 2.05) is 59.7 Å². The van der Waals surface area contributed by atoms with E-state index >= 15 is 0 Å². The molecule has 8 heteroatoms. The zero-order valence-corrected chi connectivity index (χ0v) is 16.0. The van der Waals surface area contributed by atoms with Crippen LogP contribution in [0.3, 0.4) is 0 Å². The largest absolute Gasteiger partial charge is 0.321 e. The third kappa shape index (κ3) is 3.15. The van der Waals surface area contributed by atoms with Crippen molar-refractivity contribution in [2.75, 3.05) is 5.32 Å². The Morgan fingerprint density at radius 3 is 2.59 bits per heavy atom. The molecule has 4 aromatic heterocycles. The van der Waals surface area contributed by atoms with E-state index in [-0.39, 0.29) is 5.91 Å². The van der Waals surface area contributed by atoms with Crippen LogP contribution < -0.4 is 5.32 Å². The number of carbonyl (C=O) groups is 1. The molecule has 0 spiro atoms. The summed E-state index contributed by atoms with van der Waals surface area (Å²) in [5.74, 6) is 1.44. The molecule has 4 heterocycles. The molecule has 1 N–H and O–H groups in total. The molecule has 0 atom stereocenters. The summed E-state index contributed by atoms with van der Waals surface area (Å²) in [6.07, 6.45) is 6.98. The molecule has 0 radical (unpaired) electrons. The molecule has 4 aromatic rings. The van der Waals surface area contributed by atoms with Crippen LogP contribution in [0.25, 0.3) is 10.9 Å². The van der Waals surface area contributed by atoms with Crippen molar-refractivity contribution in [3.8, 4) is 10.9 Å². The second-order valence-electron chi connectivity index (χ2n) is 6.14. The van der Waals surface area contributed by atoms with Crippen LogP contribution in [-0.2, 0) is 0 Å². The summed E-state index contributed by atoms with van der Waals surface area (Å²) in [5, 5.41) is 5.69. The number of aromatic nitrogens is 5. The van der Waals surface area contributed by atoms with Gasteiger partial charge in [-0.25, -0.2) is 15.0 Å². The highest BCUT2D eigenvalue weighted by molar-refractivity contribution is 7.12. The van der Waals surface area contributed by atoms with Crippen molar-refractivity contribution in [3.63, 3.8) is 0 Å². The second-order valence-corrected chi connectivity index (χ2v) is 7.01. The number of anilines is 1. The second kappa shape index (κ2) is 6.81. The van der Waals surface area contributed by atoms with E-state index in [1.165, 1.54) is 11.3 Å². The molecule has 0 saturated carbocycles. The fraction of sp³-hybridized carbons (Fsp3) is 0.158. The van der Waals surface area contributed by atoms with Crippen molar-refractivity contribution >= 4 is 22.9 Å². The lowest BCUT2D eigenvalue weighted by Crippen LogP contribution is -2.13. The van der Waals surface area contributed by atoms with Crippen molar-refractivity contribution < 1.29 is 4.79 Å². The summed E-state index contributed by atoms with van der Waals surface area (Å²) in [6.45, 7) is 5.80. The fourth-order valence-electron chi connectivity index (χ4n) is 3.03. The van der Waals surface area contributed by atoms with E-state index in [9.17, 15) is 4.79 Å². The molecule has 136 valence electrons. The first-order valence-corrected chi connectivity index (χ1v) is 9.29. The van der Waals surface area contributed by atoms with E-state index in [2.05, 4.69) is 20.3 Å². The minimum absolute atomic E-state index is 0.167. The van der Waals surface area contributed by atoms with Crippen LogP contribution in [0.1, 0.15) is 27.6 Å². The number of rotatable bonds is 4. The van der Waals surface area contributed by atoms with Crippen molar-refractivity contribution in [1.82, 2.24) is 24.1 Å².